The van der Waals surface area contributed by atoms with E-state index in [1.165, 1.54) is 49.4 Å². The SMILES string of the molecule is COC(=O)C[C@H]1CSC(c2cc3cc(C)cc(NC4CCCC4)c3[nH]2)=N1. The number of rotatable bonds is 5. The molecule has 2 heterocycles. The van der Waals surface area contributed by atoms with E-state index in [-0.39, 0.29) is 12.0 Å². The van der Waals surface area contributed by atoms with Gasteiger partial charge in [0.15, 0.2) is 0 Å². The number of hydrogen-bond acceptors (Lipinski definition) is 5. The molecule has 1 aromatic heterocycles. The van der Waals surface area contributed by atoms with Gasteiger partial charge in [-0.05, 0) is 43.5 Å². The minimum Gasteiger partial charge on any atom is -0.469 e. The van der Waals surface area contributed by atoms with Crippen LogP contribution < -0.4 is 5.32 Å². The molecule has 1 aromatic carbocycles. The van der Waals surface area contributed by atoms with E-state index >= 15 is 0 Å². The van der Waals surface area contributed by atoms with Crippen molar-refractivity contribution in [3.63, 3.8) is 0 Å². The molecular formula is C20H25N3O2S. The second kappa shape index (κ2) is 7.35. The first-order chi connectivity index (χ1) is 12.6. The third kappa shape index (κ3) is 3.61. The molecule has 2 N–H and O–H groups in total. The van der Waals surface area contributed by atoms with Crippen LogP contribution in [0.1, 0.15) is 43.4 Å². The van der Waals surface area contributed by atoms with Crippen molar-refractivity contribution in [3.05, 3.63) is 29.5 Å². The standard InChI is InChI=1S/C20H25N3O2S/c1-12-7-13-9-17(20-22-15(11-26-20)10-18(24)25-2)23-19(13)16(8-12)21-14-5-3-4-6-14/h7-9,14-15,21,23H,3-6,10-11H2,1-2H3/t15-/m0/s1. The maximum absolute atomic E-state index is 11.5. The minimum atomic E-state index is -0.198. The lowest BCUT2D eigenvalue weighted by molar-refractivity contribution is -0.140. The summed E-state index contributed by atoms with van der Waals surface area (Å²) in [5, 5.41) is 5.93. The predicted octanol–water partition coefficient (Wildman–Crippen LogP) is 4.26. The number of aliphatic imine (C=N–C) groups is 1. The summed E-state index contributed by atoms with van der Waals surface area (Å²) in [6.45, 7) is 2.14. The van der Waals surface area contributed by atoms with E-state index in [0.717, 1.165) is 22.0 Å². The first kappa shape index (κ1) is 17.5. The maximum atomic E-state index is 11.5. The number of carbonyl (C=O) groups excluding carboxylic acids is 1. The molecule has 6 heteroatoms. The van der Waals surface area contributed by atoms with Crippen molar-refractivity contribution in [1.82, 2.24) is 4.98 Å². The summed E-state index contributed by atoms with van der Waals surface area (Å²) in [4.78, 5) is 19.8. The third-order valence-electron chi connectivity index (χ3n) is 5.16. The molecule has 1 atom stereocenters. The molecule has 2 aliphatic rings. The van der Waals surface area contributed by atoms with Gasteiger partial charge in [-0.2, -0.15) is 0 Å². The number of benzene rings is 1. The van der Waals surface area contributed by atoms with E-state index < -0.39 is 0 Å². The Balaban J connectivity index is 1.61. The number of thioether (sulfide) groups is 1. The number of ether oxygens (including phenoxy) is 1. The third-order valence-corrected chi connectivity index (χ3v) is 6.31. The van der Waals surface area contributed by atoms with Crippen LogP contribution in [-0.2, 0) is 9.53 Å². The van der Waals surface area contributed by atoms with Gasteiger partial charge in [-0.3, -0.25) is 9.79 Å². The molecule has 0 spiro atoms. The number of carbonyl (C=O) groups is 1. The molecule has 1 saturated carbocycles. The maximum Gasteiger partial charge on any atom is 0.307 e. The number of aryl methyl sites for hydroxylation is 1. The Morgan fingerprint density at radius 2 is 2.15 bits per heavy atom. The van der Waals surface area contributed by atoms with Crippen molar-refractivity contribution in [2.45, 2.75) is 51.1 Å². The van der Waals surface area contributed by atoms with E-state index in [2.05, 4.69) is 35.4 Å². The number of nitrogens with zero attached hydrogens (tertiary/aromatic N) is 1. The predicted molar refractivity (Wildman–Crippen MR) is 108 cm³/mol. The van der Waals surface area contributed by atoms with Gasteiger partial charge in [0.2, 0.25) is 0 Å². The summed E-state index contributed by atoms with van der Waals surface area (Å²) in [6, 6.07) is 7.20. The van der Waals surface area contributed by atoms with E-state index in [0.29, 0.717) is 12.5 Å². The van der Waals surface area contributed by atoms with E-state index in [9.17, 15) is 4.79 Å². The molecule has 0 radical (unpaired) electrons. The first-order valence-electron chi connectivity index (χ1n) is 9.30. The zero-order valence-electron chi connectivity index (χ0n) is 15.3. The Labute approximate surface area is 158 Å². The smallest absolute Gasteiger partial charge is 0.307 e. The van der Waals surface area contributed by atoms with Crippen molar-refractivity contribution >= 4 is 39.4 Å². The molecule has 2 aromatic rings. The Hall–Kier alpha value is -1.95. The summed E-state index contributed by atoms with van der Waals surface area (Å²) in [5.74, 6) is 0.627. The number of fused-ring (bicyclic) bond motifs is 1. The van der Waals surface area contributed by atoms with Crippen molar-refractivity contribution in [2.24, 2.45) is 4.99 Å². The number of H-pyrrole nitrogens is 1. The Morgan fingerprint density at radius 1 is 1.35 bits per heavy atom. The van der Waals surface area contributed by atoms with Gasteiger partial charge in [0.05, 0.1) is 36.5 Å². The molecule has 1 fully saturated rings. The molecule has 5 nitrogen and oxygen atoms in total. The molecule has 0 bridgehead atoms. The van der Waals surface area contributed by atoms with E-state index in [1.807, 2.05) is 0 Å². The number of aromatic amines is 1. The Kier molecular flexibility index (Phi) is 4.94. The fraction of sp³-hybridized carbons (Fsp3) is 0.500. The van der Waals surface area contributed by atoms with Gasteiger partial charge in [-0.1, -0.05) is 12.8 Å². The van der Waals surface area contributed by atoms with Crippen molar-refractivity contribution in [3.8, 4) is 0 Å². The van der Waals surface area contributed by atoms with Crippen LogP contribution in [-0.4, -0.2) is 40.9 Å². The normalized spacial score (nSPS) is 20.5. The highest BCUT2D eigenvalue weighted by Gasteiger charge is 2.24. The molecule has 1 aliphatic heterocycles. The monoisotopic (exact) mass is 371 g/mol. The molecular weight excluding hydrogens is 346 g/mol. The van der Waals surface area contributed by atoms with Gasteiger partial charge < -0.3 is 15.0 Å². The molecule has 0 saturated heterocycles. The lowest BCUT2D eigenvalue weighted by atomic mass is 10.1. The molecule has 4 rings (SSSR count). The summed E-state index contributed by atoms with van der Waals surface area (Å²) in [5.41, 5.74) is 4.63. The fourth-order valence-corrected chi connectivity index (χ4v) is 4.89. The summed E-state index contributed by atoms with van der Waals surface area (Å²) >= 11 is 1.70. The van der Waals surface area contributed by atoms with Gasteiger partial charge in [0.25, 0.3) is 0 Å². The van der Waals surface area contributed by atoms with Crippen LogP contribution in [0.2, 0.25) is 0 Å². The molecule has 138 valence electrons. The zero-order chi connectivity index (χ0) is 18.1. The van der Waals surface area contributed by atoms with Crippen molar-refractivity contribution in [2.75, 3.05) is 18.2 Å². The van der Waals surface area contributed by atoms with E-state index in [4.69, 9.17) is 9.73 Å². The molecule has 0 amide bonds. The number of methoxy groups -OCH3 is 1. The average Bonchev–Trinajstić information content (AvgIpc) is 3.34. The van der Waals surface area contributed by atoms with Crippen molar-refractivity contribution in [1.29, 1.82) is 0 Å². The van der Waals surface area contributed by atoms with Gasteiger partial charge in [0, 0.05) is 17.2 Å². The van der Waals surface area contributed by atoms with Crippen LogP contribution in [0.3, 0.4) is 0 Å². The molecule has 1 aliphatic carbocycles. The second-order valence-electron chi connectivity index (χ2n) is 7.26. The minimum absolute atomic E-state index is 0.00619. The number of nitrogens with one attached hydrogen (secondary N) is 2. The molecule has 0 unspecified atom stereocenters. The lowest BCUT2D eigenvalue weighted by Crippen LogP contribution is -2.14. The Morgan fingerprint density at radius 3 is 2.92 bits per heavy atom. The van der Waals surface area contributed by atoms with Crippen LogP contribution in [0, 0.1) is 6.92 Å². The molecule has 26 heavy (non-hydrogen) atoms. The second-order valence-corrected chi connectivity index (χ2v) is 8.27. The largest absolute Gasteiger partial charge is 0.469 e. The number of anilines is 1. The van der Waals surface area contributed by atoms with Crippen LogP contribution >= 0.6 is 11.8 Å². The van der Waals surface area contributed by atoms with Crippen LogP contribution in [0.5, 0.6) is 0 Å². The number of aromatic nitrogens is 1. The van der Waals surface area contributed by atoms with Crippen LogP contribution in [0.25, 0.3) is 10.9 Å². The van der Waals surface area contributed by atoms with Crippen LogP contribution in [0.15, 0.2) is 23.2 Å². The number of hydrogen-bond donors (Lipinski definition) is 2. The summed E-state index contributed by atoms with van der Waals surface area (Å²) in [7, 11) is 1.42. The van der Waals surface area contributed by atoms with Crippen molar-refractivity contribution < 1.29 is 9.53 Å². The summed E-state index contributed by atoms with van der Waals surface area (Å²) < 4.78 is 4.76. The van der Waals surface area contributed by atoms with Gasteiger partial charge in [0.1, 0.15) is 5.04 Å². The topological polar surface area (TPSA) is 66.5 Å². The van der Waals surface area contributed by atoms with E-state index in [1.54, 1.807) is 11.8 Å². The lowest BCUT2D eigenvalue weighted by Gasteiger charge is -2.15. The fourth-order valence-electron chi connectivity index (χ4n) is 3.86. The first-order valence-corrected chi connectivity index (χ1v) is 10.3. The highest BCUT2D eigenvalue weighted by molar-refractivity contribution is 8.14. The van der Waals surface area contributed by atoms with Gasteiger partial charge in [-0.25, -0.2) is 0 Å². The van der Waals surface area contributed by atoms with Crippen LogP contribution in [0.4, 0.5) is 5.69 Å². The Bertz CT molecular complexity index is 852. The number of esters is 1. The summed E-state index contributed by atoms with van der Waals surface area (Å²) in [6.07, 6.45) is 5.48. The quantitative estimate of drug-likeness (QED) is 0.771. The average molecular weight is 372 g/mol. The van der Waals surface area contributed by atoms with Gasteiger partial charge >= 0.3 is 5.97 Å². The highest BCUT2D eigenvalue weighted by atomic mass is 32.2. The van der Waals surface area contributed by atoms with Gasteiger partial charge in [-0.15, -0.1) is 11.8 Å². The highest BCUT2D eigenvalue weighted by Crippen LogP contribution is 2.32. The zero-order valence-corrected chi connectivity index (χ0v) is 16.1.